The molecule has 142 valence electrons. The first-order valence-electron chi connectivity index (χ1n) is 8.49. The summed E-state index contributed by atoms with van der Waals surface area (Å²) in [5.74, 6) is 0.0617. The largest absolute Gasteiger partial charge is 0.380 e. The molecule has 28 heavy (non-hydrogen) atoms. The van der Waals surface area contributed by atoms with Crippen LogP contribution in [0.3, 0.4) is 0 Å². The molecule has 4 rings (SSSR count). The molecule has 7 nitrogen and oxygen atoms in total. The standard InChI is InChI=1S/C20H17N3O4S/c21-28(25,26)27-17-8-5-15(6-9-17)22-20(24)23-16-7-10-19-14(12-16)11-13-3-1-2-4-18(13)19/h1-10,12H,11H2,(H2,21,25,26)(H2,22,23,24). The van der Waals surface area contributed by atoms with Gasteiger partial charge >= 0.3 is 16.3 Å². The van der Waals surface area contributed by atoms with Crippen LogP contribution in [0.5, 0.6) is 5.75 Å². The summed E-state index contributed by atoms with van der Waals surface area (Å²) in [4.78, 5) is 12.2. The van der Waals surface area contributed by atoms with Crippen LogP contribution in [0.2, 0.25) is 0 Å². The molecule has 8 heteroatoms. The molecule has 0 aliphatic heterocycles. The van der Waals surface area contributed by atoms with E-state index in [2.05, 4.69) is 26.9 Å². The van der Waals surface area contributed by atoms with E-state index in [1.807, 2.05) is 30.3 Å². The molecule has 0 spiro atoms. The van der Waals surface area contributed by atoms with Crippen LogP contribution >= 0.6 is 0 Å². The number of rotatable bonds is 4. The van der Waals surface area contributed by atoms with Crippen molar-refractivity contribution >= 4 is 27.7 Å². The van der Waals surface area contributed by atoms with E-state index < -0.39 is 16.3 Å². The lowest BCUT2D eigenvalue weighted by Crippen LogP contribution is -2.20. The van der Waals surface area contributed by atoms with Gasteiger partial charge in [-0.15, -0.1) is 0 Å². The number of amides is 2. The van der Waals surface area contributed by atoms with Crippen molar-refractivity contribution in [3.63, 3.8) is 0 Å². The number of carbonyl (C=O) groups is 1. The molecule has 0 atom stereocenters. The molecule has 3 aromatic carbocycles. The van der Waals surface area contributed by atoms with Crippen molar-refractivity contribution in [2.75, 3.05) is 10.6 Å². The van der Waals surface area contributed by atoms with Crippen molar-refractivity contribution in [2.24, 2.45) is 5.14 Å². The summed E-state index contributed by atoms with van der Waals surface area (Å²) in [6, 6.07) is 19.5. The van der Waals surface area contributed by atoms with E-state index >= 15 is 0 Å². The third kappa shape index (κ3) is 3.98. The summed E-state index contributed by atoms with van der Waals surface area (Å²) >= 11 is 0. The van der Waals surface area contributed by atoms with Gasteiger partial charge in [-0.25, -0.2) is 4.79 Å². The molecule has 1 aliphatic carbocycles. The number of nitrogens with one attached hydrogen (secondary N) is 2. The van der Waals surface area contributed by atoms with E-state index in [0.717, 1.165) is 6.42 Å². The Kier molecular flexibility index (Phi) is 4.50. The van der Waals surface area contributed by atoms with Gasteiger partial charge in [0, 0.05) is 11.4 Å². The van der Waals surface area contributed by atoms with Crippen molar-refractivity contribution in [1.82, 2.24) is 0 Å². The topological polar surface area (TPSA) is 111 Å². The van der Waals surface area contributed by atoms with Crippen LogP contribution in [0.15, 0.2) is 66.7 Å². The SMILES string of the molecule is NS(=O)(=O)Oc1ccc(NC(=O)Nc2ccc3c(c2)Cc2ccccc2-3)cc1. The van der Waals surface area contributed by atoms with Crippen molar-refractivity contribution in [3.8, 4) is 16.9 Å². The Bertz CT molecular complexity index is 1160. The highest BCUT2D eigenvalue weighted by molar-refractivity contribution is 7.84. The summed E-state index contributed by atoms with van der Waals surface area (Å²) in [5, 5.41) is 10.3. The van der Waals surface area contributed by atoms with Gasteiger partial charge in [-0.3, -0.25) is 0 Å². The van der Waals surface area contributed by atoms with Gasteiger partial charge in [-0.2, -0.15) is 13.6 Å². The summed E-state index contributed by atoms with van der Waals surface area (Å²) in [5.41, 5.74) is 6.04. The van der Waals surface area contributed by atoms with E-state index in [1.54, 1.807) is 0 Å². The fourth-order valence-corrected chi connectivity index (χ4v) is 3.62. The lowest BCUT2D eigenvalue weighted by molar-refractivity contribution is 0.262. The van der Waals surface area contributed by atoms with Crippen LogP contribution < -0.4 is 20.0 Å². The molecule has 0 saturated heterocycles. The fraction of sp³-hybridized carbons (Fsp3) is 0.0500. The van der Waals surface area contributed by atoms with Crippen LogP contribution in [0, 0.1) is 0 Å². The molecule has 0 radical (unpaired) electrons. The lowest BCUT2D eigenvalue weighted by atomic mass is 10.1. The Morgan fingerprint density at radius 3 is 2.25 bits per heavy atom. The van der Waals surface area contributed by atoms with Crippen LogP contribution in [-0.4, -0.2) is 14.4 Å². The second kappa shape index (κ2) is 6.99. The zero-order valence-electron chi connectivity index (χ0n) is 14.7. The minimum Gasteiger partial charge on any atom is -0.371 e. The number of hydrogen-bond donors (Lipinski definition) is 3. The Balaban J connectivity index is 1.41. The molecular formula is C20H17N3O4S. The van der Waals surface area contributed by atoms with Crippen LogP contribution in [0.25, 0.3) is 11.1 Å². The van der Waals surface area contributed by atoms with Gasteiger partial charge in [-0.1, -0.05) is 30.3 Å². The normalized spacial score (nSPS) is 12.0. The molecule has 0 saturated carbocycles. The summed E-state index contributed by atoms with van der Waals surface area (Å²) in [7, 11) is -4.08. The Hall–Kier alpha value is -3.36. The lowest BCUT2D eigenvalue weighted by Gasteiger charge is -2.10. The maximum Gasteiger partial charge on any atom is 0.380 e. The molecule has 0 fully saturated rings. The van der Waals surface area contributed by atoms with Crippen molar-refractivity contribution < 1.29 is 17.4 Å². The first-order chi connectivity index (χ1) is 13.4. The second-order valence-corrected chi connectivity index (χ2v) is 7.54. The van der Waals surface area contributed by atoms with Gasteiger partial charge in [0.1, 0.15) is 5.75 Å². The van der Waals surface area contributed by atoms with Gasteiger partial charge in [0.2, 0.25) is 0 Å². The first kappa shape index (κ1) is 18.0. The minimum atomic E-state index is -4.08. The smallest absolute Gasteiger partial charge is 0.371 e. The molecule has 0 aromatic heterocycles. The minimum absolute atomic E-state index is 0.0617. The predicted octanol–water partition coefficient (Wildman–Crippen LogP) is 3.48. The van der Waals surface area contributed by atoms with E-state index in [-0.39, 0.29) is 5.75 Å². The summed E-state index contributed by atoms with van der Waals surface area (Å²) < 4.78 is 26.3. The monoisotopic (exact) mass is 395 g/mol. The van der Waals surface area contributed by atoms with Crippen LogP contribution in [0.1, 0.15) is 11.1 Å². The van der Waals surface area contributed by atoms with Crippen LogP contribution in [-0.2, 0) is 16.7 Å². The van der Waals surface area contributed by atoms with Crippen molar-refractivity contribution in [3.05, 3.63) is 77.9 Å². The average Bonchev–Trinajstić information content (AvgIpc) is 3.00. The van der Waals surface area contributed by atoms with Crippen molar-refractivity contribution in [2.45, 2.75) is 6.42 Å². The fourth-order valence-electron chi connectivity index (χ4n) is 3.24. The van der Waals surface area contributed by atoms with E-state index in [1.165, 1.54) is 46.5 Å². The molecule has 4 N–H and O–H groups in total. The zero-order chi connectivity index (χ0) is 19.7. The predicted molar refractivity (Wildman–Crippen MR) is 108 cm³/mol. The summed E-state index contributed by atoms with van der Waals surface area (Å²) in [6.07, 6.45) is 0.841. The Labute approximate surface area is 162 Å². The Morgan fingerprint density at radius 1 is 0.857 bits per heavy atom. The number of fused-ring (bicyclic) bond motifs is 3. The number of anilines is 2. The maximum absolute atomic E-state index is 12.2. The van der Waals surface area contributed by atoms with E-state index in [4.69, 9.17) is 5.14 Å². The molecule has 1 aliphatic rings. The van der Waals surface area contributed by atoms with Gasteiger partial charge < -0.3 is 14.8 Å². The van der Waals surface area contributed by atoms with Crippen LogP contribution in [0.4, 0.5) is 16.2 Å². The van der Waals surface area contributed by atoms with Gasteiger partial charge in [0.15, 0.2) is 0 Å². The molecule has 2 amide bonds. The van der Waals surface area contributed by atoms with Gasteiger partial charge in [0.05, 0.1) is 0 Å². The third-order valence-corrected chi connectivity index (χ3v) is 4.80. The molecular weight excluding hydrogens is 378 g/mol. The quantitative estimate of drug-likeness (QED) is 0.491. The first-order valence-corrected chi connectivity index (χ1v) is 9.96. The van der Waals surface area contributed by atoms with E-state index in [0.29, 0.717) is 11.4 Å². The average molecular weight is 395 g/mol. The third-order valence-electron chi connectivity index (χ3n) is 4.38. The highest BCUT2D eigenvalue weighted by atomic mass is 32.2. The highest BCUT2D eigenvalue weighted by Gasteiger charge is 2.18. The molecule has 3 aromatic rings. The van der Waals surface area contributed by atoms with Crippen molar-refractivity contribution in [1.29, 1.82) is 0 Å². The van der Waals surface area contributed by atoms with Gasteiger partial charge in [-0.05, 0) is 65.1 Å². The number of urea groups is 1. The zero-order valence-corrected chi connectivity index (χ0v) is 15.5. The molecule has 0 unspecified atom stereocenters. The van der Waals surface area contributed by atoms with Gasteiger partial charge in [0.25, 0.3) is 0 Å². The van der Waals surface area contributed by atoms with E-state index in [9.17, 15) is 13.2 Å². The second-order valence-electron chi connectivity index (χ2n) is 6.39. The number of hydrogen-bond acceptors (Lipinski definition) is 4. The Morgan fingerprint density at radius 2 is 1.50 bits per heavy atom. The maximum atomic E-state index is 12.2. The number of benzene rings is 3. The number of carbonyl (C=O) groups excluding carboxylic acids is 1. The molecule has 0 heterocycles. The number of nitrogens with two attached hydrogens (primary N) is 1. The summed E-state index contributed by atoms with van der Waals surface area (Å²) in [6.45, 7) is 0. The highest BCUT2D eigenvalue weighted by Crippen LogP contribution is 2.37. The molecule has 0 bridgehead atoms.